The lowest BCUT2D eigenvalue weighted by atomic mass is 10.1. The zero-order chi connectivity index (χ0) is 14.8. The molecule has 0 unspecified atom stereocenters. The van der Waals surface area contributed by atoms with Crippen LogP contribution >= 0.6 is 15.9 Å². The van der Waals surface area contributed by atoms with Crippen molar-refractivity contribution in [3.63, 3.8) is 0 Å². The van der Waals surface area contributed by atoms with Gasteiger partial charge in [-0.05, 0) is 35.7 Å². The van der Waals surface area contributed by atoms with Gasteiger partial charge in [-0.1, -0.05) is 28.1 Å². The normalized spacial score (nSPS) is 10.5. The molecule has 0 aliphatic rings. The van der Waals surface area contributed by atoms with Gasteiger partial charge in [0.05, 0.1) is 11.3 Å². The van der Waals surface area contributed by atoms with Gasteiger partial charge in [0.1, 0.15) is 0 Å². The van der Waals surface area contributed by atoms with Crippen LogP contribution in [0.2, 0.25) is 0 Å². The van der Waals surface area contributed by atoms with E-state index in [1.165, 1.54) is 0 Å². The molecule has 3 N–H and O–H groups in total. The average molecular weight is 342 g/mol. The van der Waals surface area contributed by atoms with Gasteiger partial charge < -0.3 is 11.1 Å². The number of hydrogen-bond donors (Lipinski definition) is 2. The lowest BCUT2D eigenvalue weighted by molar-refractivity contribution is 0.102. The summed E-state index contributed by atoms with van der Waals surface area (Å²) in [7, 11) is 0. The van der Waals surface area contributed by atoms with Gasteiger partial charge in [-0.25, -0.2) is 0 Å². The molecule has 0 spiro atoms. The second-order valence-electron chi connectivity index (χ2n) is 4.59. The molecule has 21 heavy (non-hydrogen) atoms. The summed E-state index contributed by atoms with van der Waals surface area (Å²) in [4.78, 5) is 16.5. The zero-order valence-corrected chi connectivity index (χ0v) is 12.6. The van der Waals surface area contributed by atoms with Gasteiger partial charge in [0, 0.05) is 27.9 Å². The predicted octanol–water partition coefficient (Wildman–Crippen LogP) is 3.83. The van der Waals surface area contributed by atoms with E-state index in [0.717, 1.165) is 15.2 Å². The number of carbonyl (C=O) groups is 1. The molecular weight excluding hydrogens is 330 g/mol. The van der Waals surface area contributed by atoms with Crippen LogP contribution in [-0.2, 0) is 0 Å². The molecule has 0 saturated carbocycles. The smallest absolute Gasteiger partial charge is 0.257 e. The summed E-state index contributed by atoms with van der Waals surface area (Å²) in [6, 6.07) is 12.8. The molecule has 0 bridgehead atoms. The van der Waals surface area contributed by atoms with E-state index in [1.807, 2.05) is 24.3 Å². The predicted molar refractivity (Wildman–Crippen MR) is 88.3 cm³/mol. The lowest BCUT2D eigenvalue weighted by Crippen LogP contribution is -2.14. The Bertz CT molecular complexity index is 827. The number of nitrogen functional groups attached to an aromatic ring is 1. The molecule has 0 atom stereocenters. The number of nitrogens with zero attached hydrogens (tertiary/aromatic N) is 1. The molecule has 0 aliphatic heterocycles. The van der Waals surface area contributed by atoms with Crippen LogP contribution in [0.25, 0.3) is 10.8 Å². The van der Waals surface area contributed by atoms with Crippen LogP contribution < -0.4 is 11.1 Å². The molecule has 104 valence electrons. The van der Waals surface area contributed by atoms with Crippen molar-refractivity contribution in [2.24, 2.45) is 0 Å². The van der Waals surface area contributed by atoms with Gasteiger partial charge in [-0.15, -0.1) is 0 Å². The maximum absolute atomic E-state index is 12.4. The highest BCUT2D eigenvalue weighted by atomic mass is 79.9. The highest BCUT2D eigenvalue weighted by molar-refractivity contribution is 9.10. The number of nitrogens with one attached hydrogen (secondary N) is 1. The SMILES string of the molecule is Nc1ccc(Br)cc1C(=O)Nc1cccc2ccncc12. The Balaban J connectivity index is 1.99. The Hall–Kier alpha value is -2.40. The summed E-state index contributed by atoms with van der Waals surface area (Å²) in [6.07, 6.45) is 3.45. The Morgan fingerprint density at radius 3 is 2.90 bits per heavy atom. The van der Waals surface area contributed by atoms with E-state index >= 15 is 0 Å². The minimum absolute atomic E-state index is 0.245. The van der Waals surface area contributed by atoms with Crippen LogP contribution in [0.15, 0.2) is 59.3 Å². The first kappa shape index (κ1) is 13.6. The number of carbonyl (C=O) groups excluding carboxylic acids is 1. The fourth-order valence-electron chi connectivity index (χ4n) is 2.14. The summed E-state index contributed by atoms with van der Waals surface area (Å²) in [5.41, 5.74) is 7.45. The van der Waals surface area contributed by atoms with Crippen molar-refractivity contribution in [2.45, 2.75) is 0 Å². The van der Waals surface area contributed by atoms with Crippen molar-refractivity contribution >= 4 is 44.0 Å². The van der Waals surface area contributed by atoms with Crippen LogP contribution in [0, 0.1) is 0 Å². The summed E-state index contributed by atoms with van der Waals surface area (Å²) >= 11 is 3.34. The summed E-state index contributed by atoms with van der Waals surface area (Å²) in [6.45, 7) is 0. The number of benzene rings is 2. The molecule has 2 aromatic carbocycles. The van der Waals surface area contributed by atoms with E-state index in [9.17, 15) is 4.79 Å². The Labute approximate surface area is 130 Å². The van der Waals surface area contributed by atoms with Gasteiger partial charge in [0.2, 0.25) is 0 Å². The van der Waals surface area contributed by atoms with Crippen molar-refractivity contribution in [1.82, 2.24) is 4.98 Å². The molecule has 0 aliphatic carbocycles. The number of halogens is 1. The van der Waals surface area contributed by atoms with E-state index in [4.69, 9.17) is 5.73 Å². The first-order chi connectivity index (χ1) is 10.1. The maximum atomic E-state index is 12.4. The number of fused-ring (bicyclic) bond motifs is 1. The van der Waals surface area contributed by atoms with Gasteiger partial charge >= 0.3 is 0 Å². The largest absolute Gasteiger partial charge is 0.398 e. The molecule has 1 heterocycles. The quantitative estimate of drug-likeness (QED) is 0.696. The van der Waals surface area contributed by atoms with Crippen LogP contribution in [-0.4, -0.2) is 10.9 Å². The molecule has 3 aromatic rings. The molecule has 1 aromatic heterocycles. The second kappa shape index (κ2) is 5.54. The fourth-order valence-corrected chi connectivity index (χ4v) is 2.50. The standard InChI is InChI=1S/C16H12BrN3O/c17-11-4-5-14(18)12(8-11)16(21)20-15-3-1-2-10-6-7-19-9-13(10)15/h1-9H,18H2,(H,20,21). The van der Waals surface area contributed by atoms with Crippen molar-refractivity contribution in [1.29, 1.82) is 0 Å². The summed E-state index contributed by atoms with van der Waals surface area (Å²) in [5.74, 6) is -0.245. The van der Waals surface area contributed by atoms with E-state index in [1.54, 1.807) is 30.6 Å². The minimum atomic E-state index is -0.245. The van der Waals surface area contributed by atoms with E-state index in [0.29, 0.717) is 16.9 Å². The topological polar surface area (TPSA) is 68.0 Å². The third-order valence-corrected chi connectivity index (χ3v) is 3.69. The van der Waals surface area contributed by atoms with E-state index in [-0.39, 0.29) is 5.91 Å². The molecule has 0 saturated heterocycles. The van der Waals surface area contributed by atoms with Gasteiger partial charge in [0.15, 0.2) is 0 Å². The molecule has 1 amide bonds. The first-order valence-electron chi connectivity index (χ1n) is 6.34. The monoisotopic (exact) mass is 341 g/mol. The molecule has 0 radical (unpaired) electrons. The number of amides is 1. The lowest BCUT2D eigenvalue weighted by Gasteiger charge is -2.10. The Morgan fingerprint density at radius 2 is 2.05 bits per heavy atom. The van der Waals surface area contributed by atoms with Crippen LogP contribution in [0.3, 0.4) is 0 Å². The second-order valence-corrected chi connectivity index (χ2v) is 5.50. The molecule has 3 rings (SSSR count). The minimum Gasteiger partial charge on any atom is -0.398 e. The fraction of sp³-hybridized carbons (Fsp3) is 0. The molecule has 5 heteroatoms. The third-order valence-electron chi connectivity index (χ3n) is 3.19. The highest BCUT2D eigenvalue weighted by Crippen LogP contribution is 2.24. The average Bonchev–Trinajstić information content (AvgIpc) is 2.50. The Morgan fingerprint density at radius 1 is 1.19 bits per heavy atom. The van der Waals surface area contributed by atoms with Crippen molar-refractivity contribution in [2.75, 3.05) is 11.1 Å². The van der Waals surface area contributed by atoms with Crippen molar-refractivity contribution < 1.29 is 4.79 Å². The van der Waals surface area contributed by atoms with Crippen molar-refractivity contribution in [3.8, 4) is 0 Å². The number of nitrogens with two attached hydrogens (primary N) is 1. The van der Waals surface area contributed by atoms with Crippen LogP contribution in [0.4, 0.5) is 11.4 Å². The number of anilines is 2. The maximum Gasteiger partial charge on any atom is 0.257 e. The molecule has 0 fully saturated rings. The third kappa shape index (κ3) is 2.73. The first-order valence-corrected chi connectivity index (χ1v) is 7.13. The number of rotatable bonds is 2. The van der Waals surface area contributed by atoms with Crippen LogP contribution in [0.1, 0.15) is 10.4 Å². The van der Waals surface area contributed by atoms with Crippen LogP contribution in [0.5, 0.6) is 0 Å². The van der Waals surface area contributed by atoms with Gasteiger partial charge in [-0.3, -0.25) is 9.78 Å². The zero-order valence-electron chi connectivity index (χ0n) is 11.0. The number of hydrogen-bond acceptors (Lipinski definition) is 3. The summed E-state index contributed by atoms with van der Waals surface area (Å²) < 4.78 is 0.807. The van der Waals surface area contributed by atoms with E-state index < -0.39 is 0 Å². The molecular formula is C16H12BrN3O. The summed E-state index contributed by atoms with van der Waals surface area (Å²) in [5, 5.41) is 4.80. The van der Waals surface area contributed by atoms with E-state index in [2.05, 4.69) is 26.2 Å². The Kier molecular flexibility index (Phi) is 3.58. The highest BCUT2D eigenvalue weighted by Gasteiger charge is 2.12. The van der Waals surface area contributed by atoms with Gasteiger partial charge in [-0.2, -0.15) is 0 Å². The number of pyridine rings is 1. The molecule has 4 nitrogen and oxygen atoms in total. The van der Waals surface area contributed by atoms with Gasteiger partial charge in [0.25, 0.3) is 5.91 Å². The number of aromatic nitrogens is 1. The van der Waals surface area contributed by atoms with Crippen molar-refractivity contribution in [3.05, 3.63) is 64.9 Å².